The van der Waals surface area contributed by atoms with Gasteiger partial charge in [0.1, 0.15) is 23.7 Å². The third-order valence-corrected chi connectivity index (χ3v) is 11.2. The van der Waals surface area contributed by atoms with Crippen LogP contribution in [0.1, 0.15) is 42.7 Å². The molecule has 6 N–H and O–H groups in total. The van der Waals surface area contributed by atoms with Crippen LogP contribution in [0.15, 0.2) is 33.9 Å². The van der Waals surface area contributed by atoms with Crippen molar-refractivity contribution in [2.24, 2.45) is 5.16 Å². The third-order valence-electron chi connectivity index (χ3n) is 8.82. The third kappa shape index (κ3) is 7.70. The van der Waals surface area contributed by atoms with Crippen LogP contribution in [0.5, 0.6) is 11.5 Å². The number of carbonyl (C=O) groups is 5. The maximum Gasteiger partial charge on any atom is 0.350 e. The van der Waals surface area contributed by atoms with Crippen LogP contribution in [0.3, 0.4) is 0 Å². The van der Waals surface area contributed by atoms with Crippen LogP contribution >= 0.6 is 34.7 Å². The monoisotopic (exact) mass is 765 g/mol. The Bertz CT molecular complexity index is 1820. The van der Waals surface area contributed by atoms with Crippen molar-refractivity contribution in [2.75, 3.05) is 51.3 Å². The van der Waals surface area contributed by atoms with Gasteiger partial charge in [-0.2, -0.15) is 0 Å². The van der Waals surface area contributed by atoms with Crippen LogP contribution < -0.4 is 26.2 Å². The van der Waals surface area contributed by atoms with Gasteiger partial charge in [0.2, 0.25) is 5.60 Å². The lowest BCUT2D eigenvalue weighted by molar-refractivity contribution is -0.911. The molecule has 3 aliphatic rings. The Balaban J connectivity index is 1.29. The maximum atomic E-state index is 13.5. The number of aromatic nitrogens is 1. The molecule has 2 aromatic rings. The number of phenols is 1. The summed E-state index contributed by atoms with van der Waals surface area (Å²) in [7, 11) is 1.32. The number of likely N-dealkylation sites (tertiary alicyclic amines) is 1. The van der Waals surface area contributed by atoms with Crippen molar-refractivity contribution >= 4 is 75.2 Å². The lowest BCUT2D eigenvalue weighted by Crippen LogP contribution is -2.72. The number of carboxylic acids is 2. The number of carboxylic acid groups (broad SMARTS) is 2. The van der Waals surface area contributed by atoms with E-state index in [1.807, 2.05) is 0 Å². The van der Waals surface area contributed by atoms with Crippen LogP contribution in [0.2, 0.25) is 5.02 Å². The van der Waals surface area contributed by atoms with Crippen LogP contribution in [0, 0.1) is 0 Å². The van der Waals surface area contributed by atoms with Gasteiger partial charge in [0.15, 0.2) is 22.3 Å². The standard InChI is InChI=1S/C31H36ClN7O10S2/c1-31(2,29(46)47)49-37-20(17-14-51-30(33)35-17)25(42)36-21-26(43)38-22(28(44)45)15(13-50-27(21)38)12-39(9-4-5-10-39)11-8-34-24(41)16-6-7-18(40)23(48-3)19(16)32/h6-7,14,21,27H,4-5,8-13H2,1-3H3,(H6-,33,34,35,36,40,41,42,44,45,46,47)/b37-20+/t21-,27-/m1/s1. The largest absolute Gasteiger partial charge is 0.543 e. The Hall–Kier alpha value is -4.59. The number of anilines is 1. The second-order valence-electron chi connectivity index (χ2n) is 12.6. The van der Waals surface area contributed by atoms with Gasteiger partial charge in [-0.3, -0.25) is 19.3 Å². The summed E-state index contributed by atoms with van der Waals surface area (Å²) < 4.78 is 5.55. The van der Waals surface area contributed by atoms with E-state index < -0.39 is 52.4 Å². The minimum absolute atomic E-state index is 0.00423. The van der Waals surface area contributed by atoms with E-state index in [-0.39, 0.29) is 50.9 Å². The van der Waals surface area contributed by atoms with E-state index in [0.29, 0.717) is 23.1 Å². The molecular weight excluding hydrogens is 730 g/mol. The van der Waals surface area contributed by atoms with Crippen LogP contribution in [-0.4, -0.2) is 123 Å². The molecule has 3 amide bonds. The first-order valence-corrected chi connectivity index (χ1v) is 18.0. The molecule has 0 radical (unpaired) electrons. The van der Waals surface area contributed by atoms with Crippen molar-refractivity contribution in [3.05, 3.63) is 45.1 Å². The Labute approximate surface area is 305 Å². The normalized spacial score (nSPS) is 20.0. The SMILES string of the molecule is COc1c(O)ccc(C(=O)NCC[N+]2(CC3=C(C(=O)[O-])N4C(=O)[C@@H](NC(=O)/C(=N/OC(C)(C)C(=O)O)c5csc(N)n5)[C@H]4SC3)CCCC2)c1Cl. The van der Waals surface area contributed by atoms with E-state index in [2.05, 4.69) is 20.8 Å². The van der Waals surface area contributed by atoms with E-state index in [4.69, 9.17) is 26.9 Å². The molecule has 4 heterocycles. The zero-order valence-electron chi connectivity index (χ0n) is 27.8. The first-order chi connectivity index (χ1) is 24.1. The number of benzene rings is 1. The number of rotatable bonds is 14. The molecular formula is C31H36ClN7O10S2. The topological polar surface area (TPSA) is 246 Å². The lowest BCUT2D eigenvalue weighted by Gasteiger charge is -2.51. The molecule has 51 heavy (non-hydrogen) atoms. The van der Waals surface area contributed by atoms with Gasteiger partial charge in [0, 0.05) is 29.5 Å². The zero-order chi connectivity index (χ0) is 37.2. The molecule has 2 fully saturated rings. The van der Waals surface area contributed by atoms with Gasteiger partial charge in [-0.1, -0.05) is 16.8 Å². The summed E-state index contributed by atoms with van der Waals surface area (Å²) in [5, 5.41) is 41.7. The Morgan fingerprint density at radius 1 is 1.25 bits per heavy atom. The van der Waals surface area contributed by atoms with Crippen LogP contribution in [0.25, 0.3) is 0 Å². The number of amides is 3. The number of fused-ring (bicyclic) bond motifs is 1. The molecule has 0 unspecified atom stereocenters. The molecule has 2 saturated heterocycles. The van der Waals surface area contributed by atoms with Crippen molar-refractivity contribution in [2.45, 2.75) is 43.7 Å². The highest BCUT2D eigenvalue weighted by Gasteiger charge is 2.54. The van der Waals surface area contributed by atoms with Gasteiger partial charge >= 0.3 is 5.97 Å². The molecule has 0 aliphatic carbocycles. The predicted octanol–water partition coefficient (Wildman–Crippen LogP) is 0.121. The number of phenolic OH excluding ortho intramolecular Hbond substituents is 1. The molecule has 0 bridgehead atoms. The minimum Gasteiger partial charge on any atom is -0.543 e. The summed E-state index contributed by atoms with van der Waals surface area (Å²) in [6.07, 6.45) is 1.77. The van der Waals surface area contributed by atoms with Gasteiger partial charge in [0.25, 0.3) is 17.7 Å². The summed E-state index contributed by atoms with van der Waals surface area (Å²) in [6.45, 7) is 4.91. The maximum absolute atomic E-state index is 13.5. The summed E-state index contributed by atoms with van der Waals surface area (Å²) >= 11 is 8.55. The average molecular weight is 766 g/mol. The van der Waals surface area contributed by atoms with Crippen molar-refractivity contribution in [3.63, 3.8) is 0 Å². The van der Waals surface area contributed by atoms with Crippen molar-refractivity contribution in [1.29, 1.82) is 0 Å². The van der Waals surface area contributed by atoms with E-state index in [0.717, 1.165) is 42.2 Å². The highest BCUT2D eigenvalue weighted by Crippen LogP contribution is 2.41. The van der Waals surface area contributed by atoms with Crippen molar-refractivity contribution < 1.29 is 53.3 Å². The number of oxime groups is 1. The summed E-state index contributed by atoms with van der Waals surface area (Å²) in [4.78, 5) is 74.1. The lowest BCUT2D eigenvalue weighted by atomic mass is 10.0. The number of halogens is 1. The number of nitrogens with zero attached hydrogens (tertiary/aromatic N) is 4. The van der Waals surface area contributed by atoms with E-state index in [1.54, 1.807) is 0 Å². The quantitative estimate of drug-likeness (QED) is 0.0744. The van der Waals surface area contributed by atoms with Crippen molar-refractivity contribution in [1.82, 2.24) is 20.5 Å². The fourth-order valence-electron chi connectivity index (χ4n) is 6.09. The summed E-state index contributed by atoms with van der Waals surface area (Å²) in [5.41, 5.74) is 3.88. The number of ether oxygens (including phenoxy) is 1. The molecule has 1 aromatic carbocycles. The molecule has 1 aromatic heterocycles. The molecule has 2 atom stereocenters. The zero-order valence-corrected chi connectivity index (χ0v) is 30.2. The smallest absolute Gasteiger partial charge is 0.350 e. The number of methoxy groups -OCH3 is 1. The number of quaternary nitrogens is 1. The number of nitrogen functional groups attached to an aromatic ring is 1. The Morgan fingerprint density at radius 2 is 1.96 bits per heavy atom. The van der Waals surface area contributed by atoms with Gasteiger partial charge in [-0.05, 0) is 26.0 Å². The van der Waals surface area contributed by atoms with Crippen molar-refractivity contribution in [3.8, 4) is 11.5 Å². The predicted molar refractivity (Wildman–Crippen MR) is 184 cm³/mol. The Kier molecular flexibility index (Phi) is 11.0. The molecule has 0 spiro atoms. The number of thioether (sulfide) groups is 1. The van der Waals surface area contributed by atoms with Gasteiger partial charge in [-0.15, -0.1) is 23.1 Å². The van der Waals surface area contributed by atoms with E-state index >= 15 is 0 Å². The summed E-state index contributed by atoms with van der Waals surface area (Å²) in [6, 6.07) is 1.56. The molecule has 20 heteroatoms. The second-order valence-corrected chi connectivity index (χ2v) is 15.0. The Morgan fingerprint density at radius 3 is 2.57 bits per heavy atom. The second kappa shape index (κ2) is 14.9. The minimum atomic E-state index is -1.80. The molecule has 17 nitrogen and oxygen atoms in total. The number of hydrogen-bond donors (Lipinski definition) is 5. The first kappa shape index (κ1) is 37.7. The first-order valence-electron chi connectivity index (χ1n) is 15.7. The van der Waals surface area contributed by atoms with Crippen LogP contribution in [-0.2, 0) is 24.0 Å². The molecule has 3 aliphatic heterocycles. The number of nitrogens with one attached hydrogen (secondary N) is 2. The van der Waals surface area contributed by atoms with E-state index in [1.165, 1.54) is 50.2 Å². The van der Waals surface area contributed by atoms with E-state index in [9.17, 15) is 39.3 Å². The number of carbonyl (C=O) groups excluding carboxylic acids is 4. The number of nitrogens with two attached hydrogens (primary N) is 1. The number of β-lactam (4-membered cyclic amide) rings is 1. The van der Waals surface area contributed by atoms with Gasteiger partial charge < -0.3 is 50.5 Å². The molecule has 0 saturated carbocycles. The number of aromatic hydroxyl groups is 1. The highest BCUT2D eigenvalue weighted by atomic mass is 35.5. The highest BCUT2D eigenvalue weighted by molar-refractivity contribution is 8.00. The fraction of sp³-hybridized carbons (Fsp3) is 0.452. The fourth-order valence-corrected chi connectivity index (χ4v) is 8.30. The van der Waals surface area contributed by atoms with Gasteiger partial charge in [0.05, 0.1) is 55.5 Å². The van der Waals surface area contributed by atoms with Crippen LogP contribution in [0.4, 0.5) is 5.13 Å². The number of aliphatic carboxylic acids is 2. The average Bonchev–Trinajstić information content (AvgIpc) is 3.72. The van der Waals surface area contributed by atoms with Gasteiger partial charge in [-0.25, -0.2) is 9.78 Å². The number of thiazole rings is 1. The summed E-state index contributed by atoms with van der Waals surface area (Å²) in [5.74, 6) is -4.90. The molecule has 5 rings (SSSR count). The molecule has 274 valence electrons. The number of hydrogen-bond acceptors (Lipinski definition) is 14.